The van der Waals surface area contributed by atoms with Crippen molar-refractivity contribution in [1.82, 2.24) is 15.3 Å². The maximum atomic E-state index is 12.5. The van der Waals surface area contributed by atoms with Gasteiger partial charge in [0.15, 0.2) is 0 Å². The highest BCUT2D eigenvalue weighted by molar-refractivity contribution is 7.99. The lowest BCUT2D eigenvalue weighted by molar-refractivity contribution is -0.120. The Hall–Kier alpha value is -1.34. The maximum absolute atomic E-state index is 12.5. The fourth-order valence-corrected chi connectivity index (χ4v) is 5.24. The molecule has 7 heteroatoms. The summed E-state index contributed by atoms with van der Waals surface area (Å²) in [6, 6.07) is 0. The second kappa shape index (κ2) is 8.57. The first-order valence-corrected chi connectivity index (χ1v) is 11.2. The number of amides is 1. The van der Waals surface area contributed by atoms with Gasteiger partial charge in [-0.15, -0.1) is 23.1 Å². The van der Waals surface area contributed by atoms with Crippen LogP contribution in [0.4, 0.5) is 0 Å². The van der Waals surface area contributed by atoms with E-state index >= 15 is 0 Å². The SMILES string of the molecule is CC(C)CCNC(=O)[C@@H](C)SCc1nc2sc3c(c2c(=O)[nH]1)CCCC3. The zero-order valence-corrected chi connectivity index (χ0v) is 17.3. The number of aromatic nitrogens is 2. The molecule has 2 aromatic rings. The van der Waals surface area contributed by atoms with E-state index in [1.165, 1.54) is 28.6 Å². The maximum Gasteiger partial charge on any atom is 0.259 e. The molecule has 5 nitrogen and oxygen atoms in total. The van der Waals surface area contributed by atoms with Crippen molar-refractivity contribution in [2.45, 2.75) is 63.9 Å². The number of aryl methyl sites for hydroxylation is 2. The number of nitrogens with one attached hydrogen (secondary N) is 2. The van der Waals surface area contributed by atoms with Crippen molar-refractivity contribution in [3.8, 4) is 0 Å². The van der Waals surface area contributed by atoms with Crippen LogP contribution in [0.25, 0.3) is 10.2 Å². The molecule has 1 aliphatic carbocycles. The molecule has 142 valence electrons. The van der Waals surface area contributed by atoms with Gasteiger partial charge in [0, 0.05) is 11.4 Å². The topological polar surface area (TPSA) is 74.8 Å². The third-order valence-corrected chi connectivity index (χ3v) is 7.07. The van der Waals surface area contributed by atoms with Crippen molar-refractivity contribution in [1.29, 1.82) is 0 Å². The van der Waals surface area contributed by atoms with Crippen LogP contribution >= 0.6 is 23.1 Å². The lowest BCUT2D eigenvalue weighted by Gasteiger charge is -2.12. The van der Waals surface area contributed by atoms with Gasteiger partial charge in [-0.25, -0.2) is 4.98 Å². The predicted molar refractivity (Wildman–Crippen MR) is 110 cm³/mol. The molecule has 0 unspecified atom stereocenters. The van der Waals surface area contributed by atoms with Crippen LogP contribution in [0.1, 0.15) is 56.3 Å². The summed E-state index contributed by atoms with van der Waals surface area (Å²) in [5.74, 6) is 1.82. The van der Waals surface area contributed by atoms with Gasteiger partial charge in [-0.1, -0.05) is 13.8 Å². The first kappa shape index (κ1) is 19.4. The summed E-state index contributed by atoms with van der Waals surface area (Å²) in [4.78, 5) is 34.4. The number of fused-ring (bicyclic) bond motifs is 3. The fraction of sp³-hybridized carbons (Fsp3) is 0.632. The first-order valence-electron chi connectivity index (χ1n) is 9.38. The molecule has 0 saturated heterocycles. The minimum absolute atomic E-state index is 0.0287. The molecule has 26 heavy (non-hydrogen) atoms. The van der Waals surface area contributed by atoms with Crippen LogP contribution in [0, 0.1) is 5.92 Å². The molecule has 3 rings (SSSR count). The standard InChI is InChI=1S/C19H27N3O2S2/c1-11(2)8-9-20-17(23)12(3)25-10-15-21-18(24)16-13-6-4-5-7-14(13)26-19(16)22-15/h11-12H,4-10H2,1-3H3,(H,20,23)(H,21,22,24)/t12-/m1/s1. The number of rotatable bonds is 7. The zero-order valence-electron chi connectivity index (χ0n) is 15.7. The van der Waals surface area contributed by atoms with Gasteiger partial charge in [-0.2, -0.15) is 0 Å². The van der Waals surface area contributed by atoms with E-state index in [4.69, 9.17) is 0 Å². The van der Waals surface area contributed by atoms with E-state index in [2.05, 4.69) is 29.1 Å². The van der Waals surface area contributed by atoms with Crippen molar-refractivity contribution < 1.29 is 4.79 Å². The van der Waals surface area contributed by atoms with Crippen molar-refractivity contribution in [2.75, 3.05) is 6.54 Å². The van der Waals surface area contributed by atoms with Gasteiger partial charge < -0.3 is 10.3 Å². The zero-order chi connectivity index (χ0) is 18.7. The molecule has 1 aliphatic rings. The summed E-state index contributed by atoms with van der Waals surface area (Å²) in [5.41, 5.74) is 1.18. The summed E-state index contributed by atoms with van der Waals surface area (Å²) < 4.78 is 0. The van der Waals surface area contributed by atoms with Crippen molar-refractivity contribution >= 4 is 39.2 Å². The molecule has 0 aliphatic heterocycles. The van der Waals surface area contributed by atoms with Gasteiger partial charge >= 0.3 is 0 Å². The van der Waals surface area contributed by atoms with E-state index in [-0.39, 0.29) is 16.7 Å². The number of nitrogens with zero attached hydrogens (tertiary/aromatic N) is 1. The smallest absolute Gasteiger partial charge is 0.259 e. The first-order chi connectivity index (χ1) is 12.5. The van der Waals surface area contributed by atoms with E-state index in [1.807, 2.05) is 6.92 Å². The quantitative estimate of drug-likeness (QED) is 0.753. The number of hydrogen-bond acceptors (Lipinski definition) is 5. The number of carbonyl (C=O) groups is 1. The molecule has 2 aromatic heterocycles. The van der Waals surface area contributed by atoms with Gasteiger partial charge in [-0.3, -0.25) is 9.59 Å². The fourth-order valence-electron chi connectivity index (χ4n) is 3.18. The molecule has 2 heterocycles. The molecule has 0 fully saturated rings. The highest BCUT2D eigenvalue weighted by Crippen LogP contribution is 2.33. The molecule has 0 aromatic carbocycles. The van der Waals surface area contributed by atoms with Crippen LogP contribution in [0.15, 0.2) is 4.79 Å². The van der Waals surface area contributed by atoms with Crippen LogP contribution in [0.2, 0.25) is 0 Å². The number of hydrogen-bond donors (Lipinski definition) is 2. The molecule has 0 saturated carbocycles. The minimum atomic E-state index is -0.167. The van der Waals surface area contributed by atoms with Crippen LogP contribution in [0.3, 0.4) is 0 Å². The Morgan fingerprint density at radius 1 is 1.31 bits per heavy atom. The van der Waals surface area contributed by atoms with Crippen molar-refractivity contribution in [3.05, 3.63) is 26.6 Å². The highest BCUT2D eigenvalue weighted by Gasteiger charge is 2.20. The van der Waals surface area contributed by atoms with Crippen LogP contribution in [0.5, 0.6) is 0 Å². The molecule has 1 atom stereocenters. The molecule has 1 amide bonds. The van der Waals surface area contributed by atoms with E-state index in [9.17, 15) is 9.59 Å². The third-order valence-electron chi connectivity index (χ3n) is 4.73. The number of thiophene rings is 1. The highest BCUT2D eigenvalue weighted by atomic mass is 32.2. The van der Waals surface area contributed by atoms with E-state index in [0.29, 0.717) is 24.0 Å². The largest absolute Gasteiger partial charge is 0.355 e. The summed E-state index contributed by atoms with van der Waals surface area (Å²) in [7, 11) is 0. The normalized spacial score (nSPS) is 15.2. The van der Waals surface area contributed by atoms with Gasteiger partial charge in [0.1, 0.15) is 10.7 Å². The second-order valence-electron chi connectivity index (χ2n) is 7.33. The van der Waals surface area contributed by atoms with Gasteiger partial charge in [0.25, 0.3) is 5.56 Å². The number of carbonyl (C=O) groups excluding carboxylic acids is 1. The number of H-pyrrole nitrogens is 1. The Kier molecular flexibility index (Phi) is 6.40. The van der Waals surface area contributed by atoms with Crippen LogP contribution in [-0.4, -0.2) is 27.7 Å². The van der Waals surface area contributed by atoms with Crippen LogP contribution < -0.4 is 10.9 Å². The van der Waals surface area contributed by atoms with E-state index < -0.39 is 0 Å². The van der Waals surface area contributed by atoms with Crippen molar-refractivity contribution in [3.63, 3.8) is 0 Å². The Balaban J connectivity index is 1.64. The monoisotopic (exact) mass is 393 g/mol. The van der Waals surface area contributed by atoms with Gasteiger partial charge in [0.2, 0.25) is 5.91 Å². The number of aromatic amines is 1. The summed E-state index contributed by atoms with van der Waals surface area (Å²) >= 11 is 3.17. The summed E-state index contributed by atoms with van der Waals surface area (Å²) in [6.45, 7) is 6.90. The average Bonchev–Trinajstić information content (AvgIpc) is 2.98. The minimum Gasteiger partial charge on any atom is -0.355 e. The molecular formula is C19H27N3O2S2. The molecular weight excluding hydrogens is 366 g/mol. The van der Waals surface area contributed by atoms with E-state index in [0.717, 1.165) is 35.9 Å². The lowest BCUT2D eigenvalue weighted by Crippen LogP contribution is -2.32. The lowest BCUT2D eigenvalue weighted by atomic mass is 9.97. The third kappa shape index (κ3) is 4.49. The Morgan fingerprint density at radius 2 is 2.08 bits per heavy atom. The molecule has 2 N–H and O–H groups in total. The number of thioether (sulfide) groups is 1. The summed E-state index contributed by atoms with van der Waals surface area (Å²) in [5, 5.41) is 3.60. The molecule has 0 spiro atoms. The van der Waals surface area contributed by atoms with Crippen molar-refractivity contribution in [2.24, 2.45) is 5.92 Å². The summed E-state index contributed by atoms with van der Waals surface area (Å²) in [6.07, 6.45) is 5.39. The average molecular weight is 394 g/mol. The van der Waals surface area contributed by atoms with Crippen LogP contribution in [-0.2, 0) is 23.4 Å². The Labute approximate surface area is 162 Å². The second-order valence-corrected chi connectivity index (χ2v) is 9.74. The Morgan fingerprint density at radius 3 is 2.85 bits per heavy atom. The molecule has 0 radical (unpaired) electrons. The van der Waals surface area contributed by atoms with Gasteiger partial charge in [0.05, 0.1) is 16.4 Å². The Bertz CT molecular complexity index is 841. The molecule has 0 bridgehead atoms. The van der Waals surface area contributed by atoms with Gasteiger partial charge in [-0.05, 0) is 50.5 Å². The van der Waals surface area contributed by atoms with E-state index in [1.54, 1.807) is 11.3 Å². The predicted octanol–water partition coefficient (Wildman–Crippen LogP) is 3.65.